The number of anilines is 1. The normalized spacial score (nSPS) is 10.9. The van der Waals surface area contributed by atoms with E-state index in [1.165, 1.54) is 6.26 Å². The Morgan fingerprint density at radius 3 is 2.71 bits per heavy atom. The number of aromatic nitrogens is 1. The number of hydrogen-bond acceptors (Lipinski definition) is 9. The molecule has 0 bridgehead atoms. The molecule has 4 rings (SSSR count). The summed E-state index contributed by atoms with van der Waals surface area (Å²) in [5.41, 5.74) is 2.13. The molecular weight excluding hydrogens is 460 g/mol. The van der Waals surface area contributed by atoms with E-state index in [-0.39, 0.29) is 23.2 Å². The summed E-state index contributed by atoms with van der Waals surface area (Å²) < 4.78 is 22.1. The van der Waals surface area contributed by atoms with Gasteiger partial charge in [-0.05, 0) is 57.0 Å². The predicted octanol–water partition coefficient (Wildman–Crippen LogP) is 4.63. The van der Waals surface area contributed by atoms with Crippen LogP contribution >= 0.6 is 11.3 Å². The molecule has 10 heteroatoms. The molecule has 0 unspecified atom stereocenters. The van der Waals surface area contributed by atoms with Crippen LogP contribution < -0.4 is 15.5 Å². The van der Waals surface area contributed by atoms with Crippen LogP contribution in [0.3, 0.4) is 0 Å². The molecule has 0 radical (unpaired) electrons. The number of fused-ring (bicyclic) bond motifs is 1. The zero-order valence-corrected chi connectivity index (χ0v) is 19.8. The SMILES string of the molecule is CCOC(=O)c1sc(NC(=O)COc2c(-c3ccco3)oc3c(C)cc(C)cc3c2=O)nc1C. The van der Waals surface area contributed by atoms with Gasteiger partial charge in [0, 0.05) is 0 Å². The Labute approximate surface area is 198 Å². The maximum atomic E-state index is 13.3. The molecule has 1 aromatic carbocycles. The number of carbonyl (C=O) groups is 2. The van der Waals surface area contributed by atoms with Crippen LogP contribution in [-0.2, 0) is 9.53 Å². The van der Waals surface area contributed by atoms with Crippen LogP contribution in [-0.4, -0.2) is 30.1 Å². The van der Waals surface area contributed by atoms with Crippen molar-refractivity contribution in [2.24, 2.45) is 0 Å². The second kappa shape index (κ2) is 9.52. The fourth-order valence-corrected chi connectivity index (χ4v) is 4.34. The molecule has 0 saturated heterocycles. The Morgan fingerprint density at radius 2 is 2.00 bits per heavy atom. The van der Waals surface area contributed by atoms with Gasteiger partial charge in [0.15, 0.2) is 17.5 Å². The van der Waals surface area contributed by atoms with Gasteiger partial charge in [-0.25, -0.2) is 9.78 Å². The number of esters is 1. The first-order valence-corrected chi connectivity index (χ1v) is 11.3. The predicted molar refractivity (Wildman–Crippen MR) is 127 cm³/mol. The molecule has 0 atom stereocenters. The highest BCUT2D eigenvalue weighted by atomic mass is 32.1. The number of ether oxygens (including phenoxy) is 2. The van der Waals surface area contributed by atoms with E-state index in [1.54, 1.807) is 32.0 Å². The van der Waals surface area contributed by atoms with Crippen molar-refractivity contribution in [2.45, 2.75) is 27.7 Å². The van der Waals surface area contributed by atoms with Crippen molar-refractivity contribution in [3.8, 4) is 17.3 Å². The van der Waals surface area contributed by atoms with E-state index in [2.05, 4.69) is 10.3 Å². The largest absolute Gasteiger partial charge is 0.476 e. The van der Waals surface area contributed by atoms with Gasteiger partial charge in [0.1, 0.15) is 10.5 Å². The fourth-order valence-electron chi connectivity index (χ4n) is 3.46. The van der Waals surface area contributed by atoms with Crippen LogP contribution in [0.4, 0.5) is 5.13 Å². The van der Waals surface area contributed by atoms with Gasteiger partial charge in [-0.1, -0.05) is 17.4 Å². The Kier molecular flexibility index (Phi) is 6.51. The average molecular weight is 483 g/mol. The monoisotopic (exact) mass is 482 g/mol. The third kappa shape index (κ3) is 4.58. The standard InChI is InChI=1S/C24H22N2O7S/c1-5-30-23(29)22-14(4)25-24(34-22)26-17(27)11-32-21-18(28)15-10-12(2)9-13(3)19(15)33-20(21)16-7-6-8-31-16/h6-10H,5,11H2,1-4H3,(H,25,26,27). The summed E-state index contributed by atoms with van der Waals surface area (Å²) in [7, 11) is 0. The van der Waals surface area contributed by atoms with Crippen LogP contribution in [0.25, 0.3) is 22.5 Å². The van der Waals surface area contributed by atoms with Gasteiger partial charge in [0.25, 0.3) is 5.91 Å². The second-order valence-electron chi connectivity index (χ2n) is 7.52. The third-order valence-electron chi connectivity index (χ3n) is 4.88. The third-order valence-corrected chi connectivity index (χ3v) is 5.93. The molecule has 0 spiro atoms. The summed E-state index contributed by atoms with van der Waals surface area (Å²) in [6.45, 7) is 6.82. The molecule has 3 heterocycles. The summed E-state index contributed by atoms with van der Waals surface area (Å²) >= 11 is 0.999. The van der Waals surface area contributed by atoms with Gasteiger partial charge < -0.3 is 18.3 Å². The molecule has 176 valence electrons. The lowest BCUT2D eigenvalue weighted by Gasteiger charge is -2.11. The van der Waals surface area contributed by atoms with Gasteiger partial charge in [0.2, 0.25) is 16.9 Å². The van der Waals surface area contributed by atoms with Crippen LogP contribution in [0.15, 0.2) is 44.2 Å². The summed E-state index contributed by atoms with van der Waals surface area (Å²) in [5, 5.41) is 3.14. The molecule has 1 N–H and O–H groups in total. The minimum Gasteiger partial charge on any atom is -0.476 e. The molecule has 0 saturated carbocycles. The van der Waals surface area contributed by atoms with Crippen molar-refractivity contribution >= 4 is 39.3 Å². The zero-order valence-electron chi connectivity index (χ0n) is 19.0. The molecule has 34 heavy (non-hydrogen) atoms. The maximum Gasteiger partial charge on any atom is 0.350 e. The summed E-state index contributed by atoms with van der Waals surface area (Å²) in [4.78, 5) is 42.3. The number of aryl methyl sites for hydroxylation is 3. The topological polar surface area (TPSA) is 121 Å². The van der Waals surface area contributed by atoms with E-state index in [4.69, 9.17) is 18.3 Å². The first kappa shape index (κ1) is 23.2. The molecule has 4 aromatic rings. The Bertz CT molecular complexity index is 1430. The highest BCUT2D eigenvalue weighted by Gasteiger charge is 2.22. The highest BCUT2D eigenvalue weighted by molar-refractivity contribution is 7.17. The zero-order chi connectivity index (χ0) is 24.4. The molecule has 3 aromatic heterocycles. The minimum atomic E-state index is -0.561. The number of hydrogen-bond donors (Lipinski definition) is 1. The van der Waals surface area contributed by atoms with Crippen molar-refractivity contribution < 1.29 is 27.9 Å². The first-order chi connectivity index (χ1) is 16.3. The van der Waals surface area contributed by atoms with Gasteiger partial charge in [-0.2, -0.15) is 0 Å². The van der Waals surface area contributed by atoms with Crippen molar-refractivity contribution in [3.63, 3.8) is 0 Å². The molecular formula is C24H22N2O7S. The molecule has 0 aliphatic rings. The van der Waals surface area contributed by atoms with Crippen LogP contribution in [0, 0.1) is 20.8 Å². The van der Waals surface area contributed by atoms with E-state index in [0.29, 0.717) is 27.3 Å². The Morgan fingerprint density at radius 1 is 1.21 bits per heavy atom. The Hall–Kier alpha value is -3.92. The lowest BCUT2D eigenvalue weighted by atomic mass is 10.1. The lowest BCUT2D eigenvalue weighted by molar-refractivity contribution is -0.118. The van der Waals surface area contributed by atoms with Crippen LogP contribution in [0.2, 0.25) is 0 Å². The fraction of sp³-hybridized carbons (Fsp3) is 0.250. The number of benzene rings is 1. The molecule has 0 aliphatic heterocycles. The van der Waals surface area contributed by atoms with E-state index < -0.39 is 23.9 Å². The van der Waals surface area contributed by atoms with E-state index in [9.17, 15) is 14.4 Å². The lowest BCUT2D eigenvalue weighted by Crippen LogP contribution is -2.22. The van der Waals surface area contributed by atoms with Crippen molar-refractivity contribution in [2.75, 3.05) is 18.5 Å². The number of carbonyl (C=O) groups excluding carboxylic acids is 2. The number of furan rings is 1. The van der Waals surface area contributed by atoms with Gasteiger partial charge in [0.05, 0.1) is 24.0 Å². The molecule has 0 fully saturated rings. The summed E-state index contributed by atoms with van der Waals surface area (Å²) in [6.07, 6.45) is 1.45. The number of rotatable bonds is 7. The maximum absolute atomic E-state index is 13.3. The molecule has 0 aliphatic carbocycles. The first-order valence-electron chi connectivity index (χ1n) is 10.5. The van der Waals surface area contributed by atoms with Crippen molar-refractivity contribution in [1.82, 2.24) is 4.98 Å². The number of nitrogens with one attached hydrogen (secondary N) is 1. The minimum absolute atomic E-state index is 0.0944. The average Bonchev–Trinajstić information content (AvgIpc) is 3.43. The number of nitrogens with zero attached hydrogens (tertiary/aromatic N) is 1. The number of thiazole rings is 1. The van der Waals surface area contributed by atoms with E-state index >= 15 is 0 Å². The molecule has 9 nitrogen and oxygen atoms in total. The smallest absolute Gasteiger partial charge is 0.350 e. The van der Waals surface area contributed by atoms with Crippen LogP contribution in [0.1, 0.15) is 33.4 Å². The van der Waals surface area contributed by atoms with Crippen molar-refractivity contribution in [1.29, 1.82) is 0 Å². The van der Waals surface area contributed by atoms with Gasteiger partial charge in [-0.3, -0.25) is 14.9 Å². The second-order valence-corrected chi connectivity index (χ2v) is 8.52. The summed E-state index contributed by atoms with van der Waals surface area (Å²) in [6, 6.07) is 6.91. The van der Waals surface area contributed by atoms with E-state index in [0.717, 1.165) is 22.5 Å². The van der Waals surface area contributed by atoms with E-state index in [1.807, 2.05) is 19.9 Å². The Balaban J connectivity index is 1.61. The van der Waals surface area contributed by atoms with Crippen molar-refractivity contribution in [3.05, 3.63) is 62.4 Å². The number of amides is 1. The van der Waals surface area contributed by atoms with Gasteiger partial charge in [-0.15, -0.1) is 0 Å². The summed E-state index contributed by atoms with van der Waals surface area (Å²) in [5.74, 6) is -0.808. The molecule has 1 amide bonds. The van der Waals surface area contributed by atoms with Crippen LogP contribution in [0.5, 0.6) is 5.75 Å². The van der Waals surface area contributed by atoms with Gasteiger partial charge >= 0.3 is 5.97 Å². The highest BCUT2D eigenvalue weighted by Crippen LogP contribution is 2.33. The quantitative estimate of drug-likeness (QED) is 0.379.